The second-order valence-electron chi connectivity index (χ2n) is 5.71. The van der Waals surface area contributed by atoms with Crippen molar-refractivity contribution < 1.29 is 14.1 Å². The highest BCUT2D eigenvalue weighted by molar-refractivity contribution is 5.79. The van der Waals surface area contributed by atoms with Gasteiger partial charge in [-0.25, -0.2) is 4.98 Å². The van der Waals surface area contributed by atoms with Gasteiger partial charge in [-0.15, -0.1) is 0 Å². The molecule has 2 aromatic rings. The van der Waals surface area contributed by atoms with Gasteiger partial charge in [-0.05, 0) is 31.0 Å². The Balaban J connectivity index is 1.59. The predicted octanol–water partition coefficient (Wildman–Crippen LogP) is 2.12. The van der Waals surface area contributed by atoms with Crippen molar-refractivity contribution in [2.45, 2.75) is 19.4 Å². The zero-order chi connectivity index (χ0) is 16.9. The van der Waals surface area contributed by atoms with Crippen LogP contribution in [-0.2, 0) is 11.3 Å². The quantitative estimate of drug-likeness (QED) is 0.665. The SMILES string of the molecule is O=C(NCc1ccco1)[C@H]1CCCN(c2ccc([N+](=O)[O-])cn2)C1. The summed E-state index contributed by atoms with van der Waals surface area (Å²) in [5.74, 6) is 1.22. The molecule has 0 spiro atoms. The molecule has 0 unspecified atom stereocenters. The first-order valence-electron chi connectivity index (χ1n) is 7.79. The summed E-state index contributed by atoms with van der Waals surface area (Å²) in [6, 6.07) is 6.66. The Bertz CT molecular complexity index is 699. The zero-order valence-corrected chi connectivity index (χ0v) is 13.1. The van der Waals surface area contributed by atoms with Crippen molar-refractivity contribution >= 4 is 17.4 Å². The van der Waals surface area contributed by atoms with Gasteiger partial charge in [0.2, 0.25) is 5.91 Å². The fraction of sp³-hybridized carbons (Fsp3) is 0.375. The molecule has 8 nitrogen and oxygen atoms in total. The molecule has 126 valence electrons. The average molecular weight is 330 g/mol. The van der Waals surface area contributed by atoms with E-state index in [1.165, 1.54) is 12.3 Å². The molecule has 1 N–H and O–H groups in total. The van der Waals surface area contributed by atoms with Crippen molar-refractivity contribution in [3.63, 3.8) is 0 Å². The maximum Gasteiger partial charge on any atom is 0.287 e. The zero-order valence-electron chi connectivity index (χ0n) is 13.1. The van der Waals surface area contributed by atoms with Crippen LogP contribution in [0.2, 0.25) is 0 Å². The second kappa shape index (κ2) is 7.12. The van der Waals surface area contributed by atoms with E-state index in [4.69, 9.17) is 4.42 Å². The highest BCUT2D eigenvalue weighted by Gasteiger charge is 2.26. The molecule has 1 amide bonds. The van der Waals surface area contributed by atoms with Gasteiger partial charge in [-0.2, -0.15) is 0 Å². The van der Waals surface area contributed by atoms with Crippen molar-refractivity contribution in [3.8, 4) is 0 Å². The van der Waals surface area contributed by atoms with Crippen molar-refractivity contribution in [1.29, 1.82) is 0 Å². The average Bonchev–Trinajstić information content (AvgIpc) is 3.13. The fourth-order valence-electron chi connectivity index (χ4n) is 2.80. The van der Waals surface area contributed by atoms with E-state index < -0.39 is 4.92 Å². The van der Waals surface area contributed by atoms with Crippen LogP contribution in [0.4, 0.5) is 11.5 Å². The lowest BCUT2D eigenvalue weighted by Crippen LogP contribution is -2.43. The van der Waals surface area contributed by atoms with Crippen LogP contribution in [0.3, 0.4) is 0 Å². The molecular formula is C16H18N4O4. The van der Waals surface area contributed by atoms with Crippen LogP contribution in [0, 0.1) is 16.0 Å². The number of piperidine rings is 1. The molecule has 3 rings (SSSR count). The Kier molecular flexibility index (Phi) is 4.74. The smallest absolute Gasteiger partial charge is 0.287 e. The standard InChI is InChI=1S/C16H18N4O4/c21-16(18-10-14-4-2-8-24-14)12-3-1-7-19(11-12)15-6-5-13(9-17-15)20(22)23/h2,4-6,8-9,12H,1,3,7,10-11H2,(H,18,21)/t12-/m0/s1. The molecule has 3 heterocycles. The molecule has 1 atom stereocenters. The highest BCUT2D eigenvalue weighted by Crippen LogP contribution is 2.23. The number of carbonyl (C=O) groups excluding carboxylic acids is 1. The van der Waals surface area contributed by atoms with Gasteiger partial charge in [0, 0.05) is 19.2 Å². The summed E-state index contributed by atoms with van der Waals surface area (Å²) in [4.78, 5) is 28.7. The van der Waals surface area contributed by atoms with E-state index >= 15 is 0 Å². The molecule has 0 saturated carbocycles. The monoisotopic (exact) mass is 330 g/mol. The largest absolute Gasteiger partial charge is 0.467 e. The van der Waals surface area contributed by atoms with Crippen molar-refractivity contribution in [1.82, 2.24) is 10.3 Å². The number of hydrogen-bond donors (Lipinski definition) is 1. The molecule has 0 bridgehead atoms. The fourth-order valence-corrected chi connectivity index (χ4v) is 2.80. The first-order chi connectivity index (χ1) is 11.6. The maximum absolute atomic E-state index is 12.3. The number of aromatic nitrogens is 1. The summed E-state index contributed by atoms with van der Waals surface area (Å²) < 4.78 is 5.20. The van der Waals surface area contributed by atoms with E-state index in [-0.39, 0.29) is 17.5 Å². The van der Waals surface area contributed by atoms with Crippen molar-refractivity contribution in [2.75, 3.05) is 18.0 Å². The first kappa shape index (κ1) is 16.0. The number of anilines is 1. The summed E-state index contributed by atoms with van der Waals surface area (Å²) in [7, 11) is 0. The van der Waals surface area contributed by atoms with Gasteiger partial charge in [0.1, 0.15) is 17.8 Å². The summed E-state index contributed by atoms with van der Waals surface area (Å²) in [5, 5.41) is 13.6. The molecule has 0 radical (unpaired) electrons. The third-order valence-corrected chi connectivity index (χ3v) is 4.08. The molecule has 8 heteroatoms. The molecule has 2 aromatic heterocycles. The highest BCUT2D eigenvalue weighted by atomic mass is 16.6. The Morgan fingerprint density at radius 2 is 2.33 bits per heavy atom. The third-order valence-electron chi connectivity index (χ3n) is 4.08. The van der Waals surface area contributed by atoms with Crippen LogP contribution in [0.25, 0.3) is 0 Å². The normalized spacial score (nSPS) is 17.5. The Morgan fingerprint density at radius 3 is 3.00 bits per heavy atom. The van der Waals surface area contributed by atoms with Gasteiger partial charge < -0.3 is 14.6 Å². The number of pyridine rings is 1. The van der Waals surface area contributed by atoms with E-state index in [9.17, 15) is 14.9 Å². The van der Waals surface area contributed by atoms with Crippen LogP contribution >= 0.6 is 0 Å². The van der Waals surface area contributed by atoms with Crippen LogP contribution in [0.5, 0.6) is 0 Å². The molecule has 1 fully saturated rings. The lowest BCUT2D eigenvalue weighted by Gasteiger charge is -2.32. The summed E-state index contributed by atoms with van der Waals surface area (Å²) in [5.41, 5.74) is -0.0384. The minimum absolute atomic E-state index is 0.0157. The van der Waals surface area contributed by atoms with Gasteiger partial charge in [-0.3, -0.25) is 14.9 Å². The minimum Gasteiger partial charge on any atom is -0.467 e. The van der Waals surface area contributed by atoms with E-state index in [1.54, 1.807) is 18.4 Å². The molecular weight excluding hydrogens is 312 g/mol. The number of nitrogens with zero attached hydrogens (tertiary/aromatic N) is 3. The van der Waals surface area contributed by atoms with Crippen molar-refractivity contribution in [2.24, 2.45) is 5.92 Å². The van der Waals surface area contributed by atoms with Gasteiger partial charge in [-0.1, -0.05) is 0 Å². The molecule has 1 aliphatic rings. The lowest BCUT2D eigenvalue weighted by atomic mass is 9.97. The lowest BCUT2D eigenvalue weighted by molar-refractivity contribution is -0.385. The topological polar surface area (TPSA) is 102 Å². The number of hydrogen-bond acceptors (Lipinski definition) is 6. The summed E-state index contributed by atoms with van der Waals surface area (Å²) in [6.45, 7) is 1.71. The Hall–Kier alpha value is -2.90. The Labute approximate surface area is 138 Å². The second-order valence-corrected chi connectivity index (χ2v) is 5.71. The van der Waals surface area contributed by atoms with Crippen LogP contribution in [-0.4, -0.2) is 28.9 Å². The Morgan fingerprint density at radius 1 is 1.46 bits per heavy atom. The van der Waals surface area contributed by atoms with E-state index in [1.807, 2.05) is 11.0 Å². The predicted molar refractivity (Wildman–Crippen MR) is 86.4 cm³/mol. The van der Waals surface area contributed by atoms with Gasteiger partial charge in [0.05, 0.1) is 23.6 Å². The number of nitro groups is 1. The molecule has 0 aliphatic carbocycles. The number of carbonyl (C=O) groups is 1. The summed E-state index contributed by atoms with van der Waals surface area (Å²) in [6.07, 6.45) is 4.50. The molecule has 0 aromatic carbocycles. The number of amides is 1. The van der Waals surface area contributed by atoms with Gasteiger partial charge in [0.15, 0.2) is 0 Å². The minimum atomic E-state index is -0.474. The molecule has 1 saturated heterocycles. The van der Waals surface area contributed by atoms with Gasteiger partial charge >= 0.3 is 0 Å². The number of furan rings is 1. The van der Waals surface area contributed by atoms with Gasteiger partial charge in [0.25, 0.3) is 5.69 Å². The maximum atomic E-state index is 12.3. The molecule has 1 aliphatic heterocycles. The molecule has 24 heavy (non-hydrogen) atoms. The third kappa shape index (κ3) is 3.70. The van der Waals surface area contributed by atoms with Crippen LogP contribution < -0.4 is 10.2 Å². The van der Waals surface area contributed by atoms with Crippen LogP contribution in [0.15, 0.2) is 41.1 Å². The number of nitrogens with one attached hydrogen (secondary N) is 1. The van der Waals surface area contributed by atoms with Crippen molar-refractivity contribution in [3.05, 3.63) is 52.6 Å². The van der Waals surface area contributed by atoms with E-state index in [2.05, 4.69) is 10.3 Å². The van der Waals surface area contributed by atoms with E-state index in [0.29, 0.717) is 24.7 Å². The van der Waals surface area contributed by atoms with E-state index in [0.717, 1.165) is 19.4 Å². The number of rotatable bonds is 5. The first-order valence-corrected chi connectivity index (χ1v) is 7.79. The summed E-state index contributed by atoms with van der Waals surface area (Å²) >= 11 is 0. The van der Waals surface area contributed by atoms with Crippen LogP contribution in [0.1, 0.15) is 18.6 Å².